The molecule has 0 unspecified atom stereocenters. The van der Waals surface area contributed by atoms with Crippen molar-refractivity contribution in [3.8, 4) is 22.7 Å². The molecular weight excluding hydrogens is 502 g/mol. The molecule has 1 heterocycles. The Labute approximate surface area is 226 Å². The van der Waals surface area contributed by atoms with Gasteiger partial charge >= 0.3 is 0 Å². The molecule has 4 aromatic rings. The van der Waals surface area contributed by atoms with Crippen LogP contribution in [0.4, 0.5) is 5.69 Å². The lowest BCUT2D eigenvalue weighted by Crippen LogP contribution is -2.19. The molecule has 0 saturated carbocycles. The summed E-state index contributed by atoms with van der Waals surface area (Å²) < 4.78 is 7.57. The van der Waals surface area contributed by atoms with Gasteiger partial charge in [0.15, 0.2) is 5.69 Å². The molecule has 9 heteroatoms. The van der Waals surface area contributed by atoms with E-state index in [9.17, 15) is 9.59 Å². The normalized spacial score (nSPS) is 12.1. The van der Waals surface area contributed by atoms with E-state index in [1.807, 2.05) is 56.6 Å². The number of ether oxygens (including phenoxy) is 1. The van der Waals surface area contributed by atoms with Crippen LogP contribution in [0.5, 0.6) is 5.75 Å². The van der Waals surface area contributed by atoms with E-state index in [1.165, 1.54) is 0 Å². The largest absolute Gasteiger partial charge is 0.492 e. The molecule has 194 valence electrons. The van der Waals surface area contributed by atoms with Crippen LogP contribution in [0.25, 0.3) is 16.9 Å². The van der Waals surface area contributed by atoms with Crippen LogP contribution in [-0.4, -0.2) is 53.7 Å². The number of hydrogen-bond donors (Lipinski definition) is 2. The Kier molecular flexibility index (Phi) is 7.18. The first-order valence-corrected chi connectivity index (χ1v) is 12.7. The second-order valence-electron chi connectivity index (χ2n) is 9.40. The van der Waals surface area contributed by atoms with Gasteiger partial charge in [0.25, 0.3) is 11.8 Å². The molecule has 3 N–H and O–H groups in total. The summed E-state index contributed by atoms with van der Waals surface area (Å²) >= 11 is 6.21. The minimum Gasteiger partial charge on any atom is -0.492 e. The lowest BCUT2D eigenvalue weighted by atomic mass is 9.88. The van der Waals surface area contributed by atoms with Crippen LogP contribution in [0.15, 0.2) is 66.7 Å². The third-order valence-electron chi connectivity index (χ3n) is 6.49. The fourth-order valence-corrected chi connectivity index (χ4v) is 4.80. The quantitative estimate of drug-likeness (QED) is 0.348. The van der Waals surface area contributed by atoms with Crippen LogP contribution in [-0.2, 0) is 12.8 Å². The summed E-state index contributed by atoms with van der Waals surface area (Å²) in [6, 6.07) is 20.2. The molecule has 0 saturated heterocycles. The van der Waals surface area contributed by atoms with Gasteiger partial charge < -0.3 is 20.7 Å². The summed E-state index contributed by atoms with van der Waals surface area (Å²) in [7, 11) is 3.99. The number of likely N-dealkylation sites (N-methyl/N-ethyl adjacent to an activating group) is 1. The predicted octanol–water partition coefficient (Wildman–Crippen LogP) is 4.58. The number of amides is 2. The fourth-order valence-electron chi connectivity index (χ4n) is 4.57. The Hall–Kier alpha value is -4.14. The number of aromatic nitrogens is 2. The average molecular weight is 530 g/mol. The molecule has 0 spiro atoms. The standard InChI is InChI=1S/C29H28ClN5O3/c1-34(2)15-16-38-21-12-10-20(11-13-21)35-27-23(26(33-35)28(31)36)14-8-18-7-9-19(17-24(18)27)32-29(37)22-5-3-4-6-25(22)30/h3-7,9-13,17H,8,14-16H2,1-2H3,(H2,31,36)(H,32,37). The molecule has 5 rings (SSSR count). The van der Waals surface area contributed by atoms with Crippen LogP contribution in [0.1, 0.15) is 32.0 Å². The number of halogens is 1. The van der Waals surface area contributed by atoms with Crippen molar-refractivity contribution < 1.29 is 14.3 Å². The van der Waals surface area contributed by atoms with E-state index in [-0.39, 0.29) is 11.6 Å². The first-order chi connectivity index (χ1) is 18.3. The molecule has 1 aliphatic carbocycles. The average Bonchev–Trinajstić information content (AvgIpc) is 3.30. The van der Waals surface area contributed by atoms with E-state index in [0.717, 1.165) is 46.8 Å². The SMILES string of the molecule is CN(C)CCOc1ccc(-n2nc(C(N)=O)c3c2-c2cc(NC(=O)c4ccccc4Cl)ccc2CC3)cc1. The predicted molar refractivity (Wildman–Crippen MR) is 148 cm³/mol. The van der Waals surface area contributed by atoms with E-state index in [2.05, 4.69) is 15.3 Å². The van der Waals surface area contributed by atoms with Crippen molar-refractivity contribution >= 4 is 29.1 Å². The van der Waals surface area contributed by atoms with Crippen LogP contribution < -0.4 is 15.8 Å². The van der Waals surface area contributed by atoms with Gasteiger partial charge in [-0.25, -0.2) is 4.68 Å². The van der Waals surface area contributed by atoms with Crippen molar-refractivity contribution in [3.63, 3.8) is 0 Å². The van der Waals surface area contributed by atoms with Gasteiger partial charge in [0, 0.05) is 23.4 Å². The number of nitrogens with one attached hydrogen (secondary N) is 1. The topological polar surface area (TPSA) is 102 Å². The van der Waals surface area contributed by atoms with Gasteiger partial charge in [-0.2, -0.15) is 5.10 Å². The minimum absolute atomic E-state index is 0.252. The molecule has 0 bridgehead atoms. The summed E-state index contributed by atoms with van der Waals surface area (Å²) in [6.07, 6.45) is 1.36. The second kappa shape index (κ2) is 10.7. The highest BCUT2D eigenvalue weighted by Crippen LogP contribution is 2.38. The monoisotopic (exact) mass is 529 g/mol. The number of rotatable bonds is 8. The molecule has 1 aromatic heterocycles. The van der Waals surface area contributed by atoms with Crippen molar-refractivity contribution in [2.45, 2.75) is 12.8 Å². The van der Waals surface area contributed by atoms with Gasteiger partial charge in [-0.1, -0.05) is 29.8 Å². The van der Waals surface area contributed by atoms with Gasteiger partial charge in [0.05, 0.1) is 22.0 Å². The number of carbonyl (C=O) groups excluding carboxylic acids is 2. The first-order valence-electron chi connectivity index (χ1n) is 12.3. The molecule has 3 aromatic carbocycles. The zero-order valence-corrected chi connectivity index (χ0v) is 22.0. The zero-order chi connectivity index (χ0) is 26.8. The Balaban J connectivity index is 1.51. The summed E-state index contributed by atoms with van der Waals surface area (Å²) in [5.74, 6) is -0.130. The molecule has 38 heavy (non-hydrogen) atoms. The summed E-state index contributed by atoms with van der Waals surface area (Å²) in [6.45, 7) is 1.38. The van der Waals surface area contributed by atoms with Crippen molar-refractivity contribution in [1.82, 2.24) is 14.7 Å². The lowest BCUT2D eigenvalue weighted by molar-refractivity contribution is 0.0992. The minimum atomic E-state index is -0.574. The molecule has 0 fully saturated rings. The molecule has 8 nitrogen and oxygen atoms in total. The smallest absolute Gasteiger partial charge is 0.269 e. The van der Waals surface area contributed by atoms with Crippen LogP contribution >= 0.6 is 11.6 Å². The molecule has 0 radical (unpaired) electrons. The van der Waals surface area contributed by atoms with Crippen LogP contribution in [0.3, 0.4) is 0 Å². The Morgan fingerprint density at radius 3 is 2.55 bits per heavy atom. The second-order valence-corrected chi connectivity index (χ2v) is 9.81. The summed E-state index contributed by atoms with van der Waals surface area (Å²) in [5, 5.41) is 7.93. The molecular formula is C29H28ClN5O3. The number of nitrogens with zero attached hydrogens (tertiary/aromatic N) is 3. The highest BCUT2D eigenvalue weighted by Gasteiger charge is 2.28. The lowest BCUT2D eigenvalue weighted by Gasteiger charge is -2.20. The third-order valence-corrected chi connectivity index (χ3v) is 6.82. The highest BCUT2D eigenvalue weighted by atomic mass is 35.5. The Bertz CT molecular complexity index is 1510. The number of hydrogen-bond acceptors (Lipinski definition) is 5. The summed E-state index contributed by atoms with van der Waals surface area (Å²) in [5.41, 5.74) is 11.3. The zero-order valence-electron chi connectivity index (χ0n) is 21.2. The van der Waals surface area contributed by atoms with E-state index in [1.54, 1.807) is 28.9 Å². The van der Waals surface area contributed by atoms with Crippen molar-refractivity contribution in [3.05, 3.63) is 94.1 Å². The number of fused-ring (bicyclic) bond motifs is 3. The van der Waals surface area contributed by atoms with Crippen LogP contribution in [0.2, 0.25) is 5.02 Å². The van der Waals surface area contributed by atoms with Crippen molar-refractivity contribution in [1.29, 1.82) is 0 Å². The maximum atomic E-state index is 12.9. The molecule has 0 atom stereocenters. The van der Waals surface area contributed by atoms with Gasteiger partial charge in [-0.15, -0.1) is 0 Å². The molecule has 1 aliphatic rings. The van der Waals surface area contributed by atoms with Gasteiger partial charge in [-0.05, 0) is 81.0 Å². The first kappa shape index (κ1) is 25.5. The van der Waals surface area contributed by atoms with Gasteiger partial charge in [0.1, 0.15) is 12.4 Å². The number of aryl methyl sites for hydroxylation is 1. The number of primary amides is 1. The number of nitrogens with two attached hydrogens (primary N) is 1. The molecule has 0 aliphatic heterocycles. The van der Waals surface area contributed by atoms with E-state index >= 15 is 0 Å². The number of benzene rings is 3. The van der Waals surface area contributed by atoms with Gasteiger partial charge in [-0.3, -0.25) is 9.59 Å². The Morgan fingerprint density at radius 2 is 1.84 bits per heavy atom. The fraction of sp³-hybridized carbons (Fsp3) is 0.207. The highest BCUT2D eigenvalue weighted by molar-refractivity contribution is 6.34. The Morgan fingerprint density at radius 1 is 1.08 bits per heavy atom. The van der Waals surface area contributed by atoms with E-state index in [0.29, 0.717) is 29.3 Å². The van der Waals surface area contributed by atoms with Crippen molar-refractivity contribution in [2.75, 3.05) is 32.6 Å². The number of anilines is 1. The maximum absolute atomic E-state index is 12.9. The van der Waals surface area contributed by atoms with E-state index < -0.39 is 5.91 Å². The third kappa shape index (κ3) is 5.14. The summed E-state index contributed by atoms with van der Waals surface area (Å²) in [4.78, 5) is 27.3. The molecule has 2 amide bonds. The van der Waals surface area contributed by atoms with Gasteiger partial charge in [0.2, 0.25) is 0 Å². The number of carbonyl (C=O) groups is 2. The van der Waals surface area contributed by atoms with E-state index in [4.69, 9.17) is 22.1 Å². The maximum Gasteiger partial charge on any atom is 0.269 e. The van der Waals surface area contributed by atoms with Crippen molar-refractivity contribution in [2.24, 2.45) is 5.73 Å². The van der Waals surface area contributed by atoms with Crippen LogP contribution in [0, 0.1) is 0 Å².